The average molecular weight is 473 g/mol. The maximum absolute atomic E-state index is 13.2. The second-order valence-corrected chi connectivity index (χ2v) is 9.72. The Labute approximate surface area is 188 Å². The molecule has 1 unspecified atom stereocenters. The number of hydrogen-bond donors (Lipinski definition) is 0. The number of alkyl halides is 3. The molecule has 10 heteroatoms. The number of anilines is 1. The van der Waals surface area contributed by atoms with Crippen LogP contribution in [0.3, 0.4) is 0 Å². The SMILES string of the molecule is CC1CN(c2ccc(C(F)(F)F)cc2)C(=O)c2c(C#Cc3ccc(S(C)(=O)=O)cc3)cnn21. The summed E-state index contributed by atoms with van der Waals surface area (Å²) in [6.07, 6.45) is -1.88. The van der Waals surface area contributed by atoms with E-state index in [1.165, 1.54) is 35.4 Å². The number of amides is 1. The molecule has 2 aromatic carbocycles. The van der Waals surface area contributed by atoms with Gasteiger partial charge in [0.1, 0.15) is 5.69 Å². The van der Waals surface area contributed by atoms with Crippen molar-refractivity contribution in [2.45, 2.75) is 24.0 Å². The van der Waals surface area contributed by atoms with E-state index in [0.717, 1.165) is 18.4 Å². The van der Waals surface area contributed by atoms with Crippen molar-refractivity contribution in [3.8, 4) is 11.8 Å². The third kappa shape index (κ3) is 4.50. The van der Waals surface area contributed by atoms with E-state index < -0.39 is 27.5 Å². The monoisotopic (exact) mass is 473 g/mol. The summed E-state index contributed by atoms with van der Waals surface area (Å²) in [7, 11) is -3.32. The fourth-order valence-electron chi connectivity index (χ4n) is 3.53. The quantitative estimate of drug-likeness (QED) is 0.529. The van der Waals surface area contributed by atoms with Gasteiger partial charge in [0.15, 0.2) is 9.84 Å². The number of benzene rings is 2. The van der Waals surface area contributed by atoms with Gasteiger partial charge < -0.3 is 4.90 Å². The van der Waals surface area contributed by atoms with Gasteiger partial charge in [-0.3, -0.25) is 9.48 Å². The molecule has 6 nitrogen and oxygen atoms in total. The Morgan fingerprint density at radius 3 is 2.24 bits per heavy atom. The first kappa shape index (κ1) is 22.6. The molecule has 1 aliphatic heterocycles. The van der Waals surface area contributed by atoms with Crippen LogP contribution in [-0.4, -0.2) is 36.9 Å². The first-order chi connectivity index (χ1) is 15.4. The topological polar surface area (TPSA) is 72.3 Å². The zero-order chi connectivity index (χ0) is 24.0. The van der Waals surface area contributed by atoms with Crippen LogP contribution in [0.15, 0.2) is 59.6 Å². The zero-order valence-corrected chi connectivity index (χ0v) is 18.4. The highest BCUT2D eigenvalue weighted by Gasteiger charge is 2.34. The maximum atomic E-state index is 13.2. The van der Waals surface area contributed by atoms with Crippen LogP contribution in [0, 0.1) is 11.8 Å². The van der Waals surface area contributed by atoms with Crippen LogP contribution >= 0.6 is 0 Å². The summed E-state index contributed by atoms with van der Waals surface area (Å²) >= 11 is 0. The van der Waals surface area contributed by atoms with E-state index in [2.05, 4.69) is 16.9 Å². The molecule has 1 amide bonds. The molecule has 0 saturated carbocycles. The minimum atomic E-state index is -4.46. The minimum Gasteiger partial charge on any atom is -0.305 e. The summed E-state index contributed by atoms with van der Waals surface area (Å²) in [5.74, 6) is 5.38. The number of aromatic nitrogens is 2. The van der Waals surface area contributed by atoms with E-state index in [0.29, 0.717) is 16.8 Å². The van der Waals surface area contributed by atoms with Crippen LogP contribution in [0.2, 0.25) is 0 Å². The molecule has 33 heavy (non-hydrogen) atoms. The Kier molecular flexibility index (Phi) is 5.54. The van der Waals surface area contributed by atoms with Crippen LogP contribution in [0.5, 0.6) is 0 Å². The standard InChI is InChI=1S/C23H18F3N3O3S/c1-15-14-28(19-9-7-18(8-10-19)23(24,25)26)22(30)21-17(13-27-29(15)21)6-3-16-4-11-20(12-5-16)33(2,31)32/h4-5,7-13,15H,14H2,1-2H3. The lowest BCUT2D eigenvalue weighted by Crippen LogP contribution is -2.43. The van der Waals surface area contributed by atoms with Crippen molar-refractivity contribution < 1.29 is 26.4 Å². The normalized spacial score (nSPS) is 16.2. The van der Waals surface area contributed by atoms with Crippen molar-refractivity contribution in [2.24, 2.45) is 0 Å². The van der Waals surface area contributed by atoms with Crippen molar-refractivity contribution in [3.63, 3.8) is 0 Å². The van der Waals surface area contributed by atoms with E-state index in [1.807, 2.05) is 6.92 Å². The number of hydrogen-bond acceptors (Lipinski definition) is 4. The molecule has 0 spiro atoms. The number of carbonyl (C=O) groups excluding carboxylic acids is 1. The van der Waals surface area contributed by atoms with Gasteiger partial charge in [-0.05, 0) is 55.5 Å². The van der Waals surface area contributed by atoms with Crippen molar-refractivity contribution in [2.75, 3.05) is 17.7 Å². The van der Waals surface area contributed by atoms with Crippen LogP contribution in [0.25, 0.3) is 0 Å². The molecule has 3 aromatic rings. The lowest BCUT2D eigenvalue weighted by Gasteiger charge is -2.32. The molecule has 0 aliphatic carbocycles. The van der Waals surface area contributed by atoms with E-state index in [1.54, 1.807) is 16.8 Å². The summed E-state index contributed by atoms with van der Waals surface area (Å²) < 4.78 is 63.4. The number of nitrogens with zero attached hydrogens (tertiary/aromatic N) is 3. The molecule has 1 atom stereocenters. The van der Waals surface area contributed by atoms with E-state index in [-0.39, 0.29) is 23.2 Å². The summed E-state index contributed by atoms with van der Waals surface area (Å²) in [6, 6.07) is 10.3. The third-order valence-electron chi connectivity index (χ3n) is 5.24. The van der Waals surface area contributed by atoms with Crippen molar-refractivity contribution >= 4 is 21.4 Å². The van der Waals surface area contributed by atoms with Gasteiger partial charge in [0.2, 0.25) is 0 Å². The second-order valence-electron chi connectivity index (χ2n) is 7.71. The van der Waals surface area contributed by atoms with Crippen LogP contribution < -0.4 is 4.90 Å². The van der Waals surface area contributed by atoms with Crippen molar-refractivity contribution in [3.05, 3.63) is 77.1 Å². The molecule has 1 aliphatic rings. The van der Waals surface area contributed by atoms with Crippen LogP contribution in [0.4, 0.5) is 18.9 Å². The smallest absolute Gasteiger partial charge is 0.305 e. The molecule has 4 rings (SSSR count). The van der Waals surface area contributed by atoms with Crippen molar-refractivity contribution in [1.29, 1.82) is 0 Å². The second kappa shape index (κ2) is 8.08. The Morgan fingerprint density at radius 1 is 1.03 bits per heavy atom. The number of sulfone groups is 1. The lowest BCUT2D eigenvalue weighted by molar-refractivity contribution is -0.137. The van der Waals surface area contributed by atoms with Crippen molar-refractivity contribution in [1.82, 2.24) is 9.78 Å². The molecule has 0 N–H and O–H groups in total. The first-order valence-electron chi connectivity index (χ1n) is 9.84. The molecule has 1 aromatic heterocycles. The van der Waals surface area contributed by atoms with Crippen LogP contribution in [-0.2, 0) is 16.0 Å². The summed E-state index contributed by atoms with van der Waals surface area (Å²) in [4.78, 5) is 14.8. The van der Waals surface area contributed by atoms with E-state index in [9.17, 15) is 26.4 Å². The molecule has 0 bridgehead atoms. The molecule has 0 radical (unpaired) electrons. The fraction of sp³-hybridized carbons (Fsp3) is 0.217. The maximum Gasteiger partial charge on any atom is 0.416 e. The largest absolute Gasteiger partial charge is 0.416 e. The average Bonchev–Trinajstić information content (AvgIpc) is 3.19. The Morgan fingerprint density at radius 2 is 1.67 bits per heavy atom. The number of carbonyl (C=O) groups is 1. The predicted octanol–water partition coefficient (Wildman–Crippen LogP) is 3.93. The number of halogens is 3. The Balaban J connectivity index is 1.65. The Bertz CT molecular complexity index is 1380. The van der Waals surface area contributed by atoms with Gasteiger partial charge in [-0.15, -0.1) is 0 Å². The zero-order valence-electron chi connectivity index (χ0n) is 17.6. The lowest BCUT2D eigenvalue weighted by atomic mass is 10.1. The van der Waals surface area contributed by atoms with Gasteiger partial charge in [-0.25, -0.2) is 8.42 Å². The summed E-state index contributed by atoms with van der Waals surface area (Å²) in [5, 5.41) is 4.26. The van der Waals surface area contributed by atoms with E-state index >= 15 is 0 Å². The van der Waals surface area contributed by atoms with E-state index in [4.69, 9.17) is 0 Å². The molecule has 0 fully saturated rings. The van der Waals surface area contributed by atoms with Gasteiger partial charge in [0, 0.05) is 24.1 Å². The highest BCUT2D eigenvalue weighted by atomic mass is 32.2. The highest BCUT2D eigenvalue weighted by Crippen LogP contribution is 2.32. The molecule has 0 saturated heterocycles. The Hall–Kier alpha value is -3.58. The van der Waals surface area contributed by atoms with Gasteiger partial charge >= 0.3 is 6.18 Å². The summed E-state index contributed by atoms with van der Waals surface area (Å²) in [6.45, 7) is 2.10. The highest BCUT2D eigenvalue weighted by molar-refractivity contribution is 7.90. The summed E-state index contributed by atoms with van der Waals surface area (Å²) in [5.41, 5.74) is 0.729. The van der Waals surface area contributed by atoms with Crippen LogP contribution in [0.1, 0.15) is 40.1 Å². The number of fused-ring (bicyclic) bond motifs is 1. The number of rotatable bonds is 2. The van der Waals surface area contributed by atoms with Gasteiger partial charge in [-0.1, -0.05) is 11.8 Å². The third-order valence-corrected chi connectivity index (χ3v) is 6.37. The van der Waals surface area contributed by atoms with Gasteiger partial charge in [0.25, 0.3) is 5.91 Å². The molecule has 170 valence electrons. The molecular formula is C23H18F3N3O3S. The fourth-order valence-corrected chi connectivity index (χ4v) is 4.16. The van der Waals surface area contributed by atoms with Gasteiger partial charge in [0.05, 0.1) is 28.3 Å². The minimum absolute atomic E-state index is 0.173. The predicted molar refractivity (Wildman–Crippen MR) is 116 cm³/mol. The van der Waals surface area contributed by atoms with Gasteiger partial charge in [-0.2, -0.15) is 18.3 Å². The molecule has 2 heterocycles. The molecular weight excluding hydrogens is 455 g/mol. The first-order valence-corrected chi connectivity index (χ1v) is 11.7.